The van der Waals surface area contributed by atoms with Gasteiger partial charge in [0, 0.05) is 29.9 Å². The molecule has 0 saturated carbocycles. The highest BCUT2D eigenvalue weighted by molar-refractivity contribution is 7.15. The van der Waals surface area contributed by atoms with Crippen LogP contribution >= 0.6 is 11.3 Å². The Labute approximate surface area is 159 Å². The number of nitrogens with zero attached hydrogens (tertiary/aromatic N) is 3. The number of anilines is 2. The van der Waals surface area contributed by atoms with Crippen LogP contribution in [-0.2, 0) is 0 Å². The van der Waals surface area contributed by atoms with Gasteiger partial charge in [0.1, 0.15) is 5.82 Å². The Morgan fingerprint density at radius 2 is 2.08 bits per heavy atom. The van der Waals surface area contributed by atoms with E-state index in [1.54, 1.807) is 17.5 Å². The van der Waals surface area contributed by atoms with Crippen LogP contribution in [0.2, 0.25) is 0 Å². The third-order valence-electron chi connectivity index (χ3n) is 4.75. The van der Waals surface area contributed by atoms with Gasteiger partial charge in [0.15, 0.2) is 5.13 Å². The first-order valence-electron chi connectivity index (χ1n) is 9.29. The van der Waals surface area contributed by atoms with Gasteiger partial charge >= 0.3 is 0 Å². The van der Waals surface area contributed by atoms with Crippen LogP contribution in [0.3, 0.4) is 0 Å². The van der Waals surface area contributed by atoms with Crippen LogP contribution < -0.4 is 15.5 Å². The van der Waals surface area contributed by atoms with Crippen molar-refractivity contribution in [3.05, 3.63) is 35.0 Å². The second-order valence-electron chi connectivity index (χ2n) is 6.83. The lowest BCUT2D eigenvalue weighted by Gasteiger charge is -2.26. The van der Waals surface area contributed by atoms with Crippen LogP contribution in [0.1, 0.15) is 54.8 Å². The lowest BCUT2D eigenvalue weighted by atomic mass is 9.97. The van der Waals surface area contributed by atoms with E-state index < -0.39 is 0 Å². The Bertz CT molecular complexity index is 722. The van der Waals surface area contributed by atoms with Gasteiger partial charge in [-0.2, -0.15) is 0 Å². The highest BCUT2D eigenvalue weighted by Crippen LogP contribution is 2.31. The van der Waals surface area contributed by atoms with Crippen LogP contribution in [0.15, 0.2) is 24.5 Å². The Kier molecular flexibility index (Phi) is 6.21. The van der Waals surface area contributed by atoms with Crippen molar-refractivity contribution < 1.29 is 4.79 Å². The van der Waals surface area contributed by atoms with Crippen LogP contribution in [0.25, 0.3) is 0 Å². The molecule has 3 rings (SSSR count). The number of carbonyl (C=O) groups is 1. The van der Waals surface area contributed by atoms with Crippen molar-refractivity contribution in [1.29, 1.82) is 0 Å². The molecule has 2 aromatic rings. The molecule has 0 atom stereocenters. The SMILES string of the molecule is CCN(c1ccc(C(=O)Nc2ncc(C3CCNCC3)s2)cn1)C(C)C. The fourth-order valence-electron chi connectivity index (χ4n) is 3.29. The summed E-state index contributed by atoms with van der Waals surface area (Å²) < 4.78 is 0. The van der Waals surface area contributed by atoms with Crippen LogP contribution in [0.4, 0.5) is 10.9 Å². The summed E-state index contributed by atoms with van der Waals surface area (Å²) in [6.07, 6.45) is 5.80. The predicted octanol–water partition coefficient (Wildman–Crippen LogP) is 3.49. The van der Waals surface area contributed by atoms with Crippen molar-refractivity contribution in [2.45, 2.75) is 45.6 Å². The average Bonchev–Trinajstić information content (AvgIpc) is 3.12. The maximum atomic E-state index is 12.5. The van der Waals surface area contributed by atoms with E-state index >= 15 is 0 Å². The number of thiazole rings is 1. The quantitative estimate of drug-likeness (QED) is 0.811. The van der Waals surface area contributed by atoms with E-state index in [1.165, 1.54) is 4.88 Å². The van der Waals surface area contributed by atoms with E-state index in [-0.39, 0.29) is 5.91 Å². The number of aromatic nitrogens is 2. The fraction of sp³-hybridized carbons (Fsp3) is 0.526. The lowest BCUT2D eigenvalue weighted by Crippen LogP contribution is -2.31. The van der Waals surface area contributed by atoms with E-state index in [9.17, 15) is 4.79 Å². The van der Waals surface area contributed by atoms with E-state index in [1.807, 2.05) is 18.3 Å². The van der Waals surface area contributed by atoms with Crippen molar-refractivity contribution in [2.24, 2.45) is 0 Å². The molecule has 0 aliphatic carbocycles. The molecule has 0 unspecified atom stereocenters. The van der Waals surface area contributed by atoms with E-state index in [0.717, 1.165) is 38.3 Å². The molecule has 3 heterocycles. The molecule has 1 saturated heterocycles. The molecule has 0 aromatic carbocycles. The van der Waals surface area contributed by atoms with Gasteiger partial charge < -0.3 is 10.2 Å². The Morgan fingerprint density at radius 1 is 1.31 bits per heavy atom. The van der Waals surface area contributed by atoms with Gasteiger partial charge in [0.25, 0.3) is 5.91 Å². The molecule has 26 heavy (non-hydrogen) atoms. The van der Waals surface area contributed by atoms with Gasteiger partial charge in [-0.05, 0) is 64.8 Å². The molecule has 1 aliphatic rings. The van der Waals surface area contributed by atoms with Crippen molar-refractivity contribution in [3.8, 4) is 0 Å². The van der Waals surface area contributed by atoms with Gasteiger partial charge in [-0.25, -0.2) is 9.97 Å². The standard InChI is InChI=1S/C19H27N5OS/c1-4-24(13(2)3)17-6-5-15(11-21-17)18(25)23-19-22-12-16(26-19)14-7-9-20-10-8-14/h5-6,11-14,20H,4,7-10H2,1-3H3,(H,22,23,25). The smallest absolute Gasteiger partial charge is 0.259 e. The third-order valence-corrected chi connectivity index (χ3v) is 5.83. The summed E-state index contributed by atoms with van der Waals surface area (Å²) in [6, 6.07) is 4.10. The molecule has 7 heteroatoms. The van der Waals surface area contributed by atoms with Gasteiger partial charge in [0.05, 0.1) is 5.56 Å². The lowest BCUT2D eigenvalue weighted by molar-refractivity contribution is 0.102. The first-order chi connectivity index (χ1) is 12.6. The van der Waals surface area contributed by atoms with E-state index in [0.29, 0.717) is 22.7 Å². The molecule has 1 amide bonds. The Morgan fingerprint density at radius 3 is 2.69 bits per heavy atom. The Hall–Kier alpha value is -1.99. The number of rotatable bonds is 6. The summed E-state index contributed by atoms with van der Waals surface area (Å²) in [5.41, 5.74) is 0.548. The molecule has 2 N–H and O–H groups in total. The van der Waals surface area contributed by atoms with Crippen LogP contribution in [-0.4, -0.2) is 41.6 Å². The summed E-state index contributed by atoms with van der Waals surface area (Å²) >= 11 is 1.58. The number of carbonyl (C=O) groups excluding carboxylic acids is 1. The molecule has 140 valence electrons. The van der Waals surface area contributed by atoms with Gasteiger partial charge in [-0.15, -0.1) is 11.3 Å². The minimum absolute atomic E-state index is 0.164. The van der Waals surface area contributed by atoms with Crippen molar-refractivity contribution in [1.82, 2.24) is 15.3 Å². The number of pyridine rings is 1. The summed E-state index contributed by atoms with van der Waals surface area (Å²) in [4.78, 5) is 24.8. The molecule has 0 spiro atoms. The number of hydrogen-bond donors (Lipinski definition) is 2. The first kappa shape index (κ1) is 18.8. The monoisotopic (exact) mass is 373 g/mol. The normalized spacial score (nSPS) is 15.2. The number of amides is 1. The van der Waals surface area contributed by atoms with Crippen molar-refractivity contribution in [2.75, 3.05) is 29.9 Å². The molecule has 2 aromatic heterocycles. The zero-order chi connectivity index (χ0) is 18.5. The number of nitrogens with one attached hydrogen (secondary N) is 2. The van der Waals surface area contributed by atoms with Crippen molar-refractivity contribution >= 4 is 28.2 Å². The zero-order valence-electron chi connectivity index (χ0n) is 15.7. The number of hydrogen-bond acceptors (Lipinski definition) is 6. The summed E-state index contributed by atoms with van der Waals surface area (Å²) in [5.74, 6) is 1.28. The second-order valence-corrected chi connectivity index (χ2v) is 7.89. The predicted molar refractivity (Wildman–Crippen MR) is 107 cm³/mol. The van der Waals surface area contributed by atoms with Gasteiger partial charge in [-0.3, -0.25) is 10.1 Å². The van der Waals surface area contributed by atoms with Crippen LogP contribution in [0, 0.1) is 0 Å². The highest BCUT2D eigenvalue weighted by atomic mass is 32.1. The molecule has 0 radical (unpaired) electrons. The van der Waals surface area contributed by atoms with Crippen LogP contribution in [0.5, 0.6) is 0 Å². The maximum absolute atomic E-state index is 12.5. The largest absolute Gasteiger partial charge is 0.354 e. The minimum Gasteiger partial charge on any atom is -0.354 e. The summed E-state index contributed by atoms with van der Waals surface area (Å²) in [5, 5.41) is 6.93. The number of piperidine rings is 1. The fourth-order valence-corrected chi connectivity index (χ4v) is 4.27. The average molecular weight is 374 g/mol. The summed E-state index contributed by atoms with van der Waals surface area (Å²) in [6.45, 7) is 9.35. The summed E-state index contributed by atoms with van der Waals surface area (Å²) in [7, 11) is 0. The molecule has 0 bridgehead atoms. The van der Waals surface area contributed by atoms with E-state index in [2.05, 4.69) is 46.3 Å². The van der Waals surface area contributed by atoms with Gasteiger partial charge in [0.2, 0.25) is 0 Å². The van der Waals surface area contributed by atoms with E-state index in [4.69, 9.17) is 0 Å². The molecule has 6 nitrogen and oxygen atoms in total. The maximum Gasteiger partial charge on any atom is 0.259 e. The van der Waals surface area contributed by atoms with Gasteiger partial charge in [-0.1, -0.05) is 0 Å². The molecule has 1 fully saturated rings. The topological polar surface area (TPSA) is 70.2 Å². The Balaban J connectivity index is 1.64. The minimum atomic E-state index is -0.164. The highest BCUT2D eigenvalue weighted by Gasteiger charge is 2.19. The first-order valence-corrected chi connectivity index (χ1v) is 10.1. The molecular weight excluding hydrogens is 346 g/mol. The zero-order valence-corrected chi connectivity index (χ0v) is 16.5. The van der Waals surface area contributed by atoms with Crippen molar-refractivity contribution in [3.63, 3.8) is 0 Å². The molecule has 1 aliphatic heterocycles. The molecular formula is C19H27N5OS. The third kappa shape index (κ3) is 4.40. The second kappa shape index (κ2) is 8.60.